The zero-order valence-electron chi connectivity index (χ0n) is 18.7. The fourth-order valence-electron chi connectivity index (χ4n) is 4.97. The minimum absolute atomic E-state index is 0.0773. The van der Waals surface area contributed by atoms with Crippen LogP contribution in [0.15, 0.2) is 35.6 Å². The van der Waals surface area contributed by atoms with E-state index in [1.165, 1.54) is 49.8 Å². The van der Waals surface area contributed by atoms with Crippen LogP contribution in [-0.2, 0) is 4.74 Å². The molecular weight excluding hydrogens is 346 g/mol. The molecule has 1 atom stereocenters. The number of piperazine rings is 1. The molecular formula is C24H40N3O+. The summed E-state index contributed by atoms with van der Waals surface area (Å²) in [5.41, 5.74) is 2.46. The molecule has 3 rings (SSSR count). The summed E-state index contributed by atoms with van der Waals surface area (Å²) in [6, 6.07) is 0. The molecule has 1 aliphatic heterocycles. The van der Waals surface area contributed by atoms with Gasteiger partial charge in [-0.3, -0.25) is 9.80 Å². The summed E-state index contributed by atoms with van der Waals surface area (Å²) in [6.45, 7) is 6.84. The van der Waals surface area contributed by atoms with Gasteiger partial charge in [-0.25, -0.2) is 4.58 Å². The van der Waals surface area contributed by atoms with Crippen molar-refractivity contribution in [1.29, 1.82) is 0 Å². The summed E-state index contributed by atoms with van der Waals surface area (Å²) < 4.78 is 8.55. The summed E-state index contributed by atoms with van der Waals surface area (Å²) in [6.07, 6.45) is 17.1. The average Bonchev–Trinajstić information content (AvgIpc) is 2.70. The van der Waals surface area contributed by atoms with Crippen molar-refractivity contribution in [1.82, 2.24) is 9.80 Å². The SMILES string of the molecule is COC(=C1C=CC(=[N+]2CCN(C)CC2)C=C1)C(C)(CC1CCCCC1)N(C)C. The fourth-order valence-corrected chi connectivity index (χ4v) is 4.97. The Labute approximate surface area is 172 Å². The molecule has 1 unspecified atom stereocenters. The third kappa shape index (κ3) is 4.77. The minimum atomic E-state index is -0.0773. The lowest BCUT2D eigenvalue weighted by Gasteiger charge is -2.41. The maximum atomic E-state index is 6.06. The molecule has 28 heavy (non-hydrogen) atoms. The van der Waals surface area contributed by atoms with Gasteiger partial charge in [0.25, 0.3) is 0 Å². The van der Waals surface area contributed by atoms with E-state index >= 15 is 0 Å². The van der Waals surface area contributed by atoms with E-state index < -0.39 is 0 Å². The summed E-state index contributed by atoms with van der Waals surface area (Å²) >= 11 is 0. The molecule has 0 amide bonds. The van der Waals surface area contributed by atoms with Crippen molar-refractivity contribution in [3.05, 3.63) is 35.6 Å². The van der Waals surface area contributed by atoms with Crippen LogP contribution in [0.2, 0.25) is 0 Å². The van der Waals surface area contributed by atoms with Gasteiger partial charge >= 0.3 is 0 Å². The van der Waals surface area contributed by atoms with Crippen LogP contribution in [0.5, 0.6) is 0 Å². The third-order valence-corrected chi connectivity index (χ3v) is 7.09. The molecule has 0 aromatic carbocycles. The van der Waals surface area contributed by atoms with Gasteiger partial charge in [0.1, 0.15) is 5.76 Å². The van der Waals surface area contributed by atoms with Crippen LogP contribution in [0.4, 0.5) is 0 Å². The second-order valence-electron chi connectivity index (χ2n) is 9.25. The molecule has 0 N–H and O–H groups in total. The number of hydrogen-bond donors (Lipinski definition) is 0. The van der Waals surface area contributed by atoms with E-state index in [0.29, 0.717) is 0 Å². The van der Waals surface area contributed by atoms with Crippen molar-refractivity contribution in [3.8, 4) is 0 Å². The van der Waals surface area contributed by atoms with Gasteiger partial charge in [-0.15, -0.1) is 0 Å². The fraction of sp³-hybridized carbons (Fsp3) is 0.708. The third-order valence-electron chi connectivity index (χ3n) is 7.09. The van der Waals surface area contributed by atoms with Crippen molar-refractivity contribution in [2.75, 3.05) is 54.4 Å². The molecule has 2 aliphatic carbocycles. The van der Waals surface area contributed by atoms with Gasteiger partial charge in [-0.1, -0.05) is 32.1 Å². The number of nitrogens with zero attached hydrogens (tertiary/aromatic N) is 3. The lowest BCUT2D eigenvalue weighted by atomic mass is 9.77. The number of allylic oxidation sites excluding steroid dienone is 5. The van der Waals surface area contributed by atoms with Gasteiger partial charge in [0.15, 0.2) is 18.8 Å². The van der Waals surface area contributed by atoms with Gasteiger partial charge in [0.05, 0.1) is 25.7 Å². The van der Waals surface area contributed by atoms with E-state index in [4.69, 9.17) is 4.74 Å². The van der Waals surface area contributed by atoms with Gasteiger partial charge in [0, 0.05) is 17.7 Å². The average molecular weight is 387 g/mol. The summed E-state index contributed by atoms with van der Waals surface area (Å²) in [5, 5.41) is 0. The molecule has 0 spiro atoms. The highest BCUT2D eigenvalue weighted by Gasteiger charge is 2.37. The van der Waals surface area contributed by atoms with Crippen LogP contribution in [0.1, 0.15) is 45.4 Å². The van der Waals surface area contributed by atoms with E-state index in [1.807, 2.05) is 7.11 Å². The highest BCUT2D eigenvalue weighted by Crippen LogP contribution is 2.38. The molecule has 156 valence electrons. The smallest absolute Gasteiger partial charge is 0.200 e. The topological polar surface area (TPSA) is 18.7 Å². The highest BCUT2D eigenvalue weighted by molar-refractivity contribution is 6.02. The first-order valence-corrected chi connectivity index (χ1v) is 11.1. The van der Waals surface area contributed by atoms with Crippen LogP contribution in [0, 0.1) is 5.92 Å². The first-order valence-electron chi connectivity index (χ1n) is 11.1. The lowest BCUT2D eigenvalue weighted by molar-refractivity contribution is -0.537. The van der Waals surface area contributed by atoms with Crippen molar-refractivity contribution in [2.24, 2.45) is 5.92 Å². The zero-order chi connectivity index (χ0) is 20.1. The Balaban J connectivity index is 1.83. The van der Waals surface area contributed by atoms with Crippen LogP contribution in [0.25, 0.3) is 0 Å². The van der Waals surface area contributed by atoms with Crippen molar-refractivity contribution >= 4 is 5.71 Å². The zero-order valence-corrected chi connectivity index (χ0v) is 18.7. The molecule has 3 aliphatic rings. The van der Waals surface area contributed by atoms with Crippen LogP contribution < -0.4 is 0 Å². The Hall–Kier alpha value is -1.39. The van der Waals surface area contributed by atoms with Gasteiger partial charge in [0.2, 0.25) is 0 Å². The van der Waals surface area contributed by atoms with Crippen LogP contribution in [-0.4, -0.2) is 80.1 Å². The summed E-state index contributed by atoms with van der Waals surface area (Å²) in [7, 11) is 8.43. The quantitative estimate of drug-likeness (QED) is 0.530. The molecule has 1 heterocycles. The molecule has 1 saturated heterocycles. The van der Waals surface area contributed by atoms with Gasteiger partial charge < -0.3 is 4.74 Å². The van der Waals surface area contributed by atoms with E-state index in [0.717, 1.165) is 37.9 Å². The molecule has 0 aromatic heterocycles. The molecule has 0 bridgehead atoms. The predicted octanol–water partition coefficient (Wildman–Crippen LogP) is 3.70. The maximum Gasteiger partial charge on any atom is 0.200 e. The second kappa shape index (κ2) is 9.41. The molecule has 0 aromatic rings. The molecule has 4 nitrogen and oxygen atoms in total. The number of methoxy groups -OCH3 is 1. The Morgan fingerprint density at radius 2 is 1.71 bits per heavy atom. The normalized spacial score (nSPS) is 24.0. The standard InChI is InChI=1S/C24H40N3O/c1-24(25(2)3,19-20-9-7-6-8-10-20)23(28-5)21-11-13-22(14-12-21)27-17-15-26(4)16-18-27/h11-14,20H,6-10,15-19H2,1-5H3/q+1. The van der Waals surface area contributed by atoms with E-state index in [-0.39, 0.29) is 5.54 Å². The monoisotopic (exact) mass is 386 g/mol. The molecule has 4 heteroatoms. The Morgan fingerprint density at radius 1 is 1.11 bits per heavy atom. The first kappa shape index (κ1) is 21.3. The van der Waals surface area contributed by atoms with Crippen molar-refractivity contribution < 1.29 is 9.31 Å². The first-order chi connectivity index (χ1) is 13.4. The molecule has 1 saturated carbocycles. The van der Waals surface area contributed by atoms with Crippen molar-refractivity contribution in [3.63, 3.8) is 0 Å². The molecule has 0 radical (unpaired) electrons. The Morgan fingerprint density at radius 3 is 2.25 bits per heavy atom. The van der Waals surface area contributed by atoms with E-state index in [2.05, 4.69) is 66.7 Å². The second-order valence-corrected chi connectivity index (χ2v) is 9.25. The van der Waals surface area contributed by atoms with Crippen LogP contribution >= 0.6 is 0 Å². The van der Waals surface area contributed by atoms with Gasteiger partial charge in [-0.2, -0.15) is 0 Å². The number of likely N-dealkylation sites (N-methyl/N-ethyl adjacent to an activating group) is 2. The van der Waals surface area contributed by atoms with Gasteiger partial charge in [-0.05, 0) is 52.6 Å². The number of rotatable bonds is 5. The maximum absolute atomic E-state index is 6.06. The predicted molar refractivity (Wildman–Crippen MR) is 118 cm³/mol. The Bertz CT molecular complexity index is 639. The van der Waals surface area contributed by atoms with E-state index in [9.17, 15) is 0 Å². The summed E-state index contributed by atoms with van der Waals surface area (Å²) in [4.78, 5) is 4.75. The number of ether oxygens (including phenoxy) is 1. The van der Waals surface area contributed by atoms with Crippen LogP contribution in [0.3, 0.4) is 0 Å². The Kier molecular flexibility index (Phi) is 7.16. The lowest BCUT2D eigenvalue weighted by Crippen LogP contribution is -2.46. The number of hydrogen-bond acceptors (Lipinski definition) is 3. The summed E-state index contributed by atoms with van der Waals surface area (Å²) in [5.74, 6) is 1.91. The minimum Gasteiger partial charge on any atom is -0.499 e. The largest absolute Gasteiger partial charge is 0.499 e. The highest BCUT2D eigenvalue weighted by atomic mass is 16.5. The molecule has 2 fully saturated rings. The van der Waals surface area contributed by atoms with Crippen molar-refractivity contribution in [2.45, 2.75) is 51.0 Å². The van der Waals surface area contributed by atoms with E-state index in [1.54, 1.807) is 0 Å².